The van der Waals surface area contributed by atoms with Crippen LogP contribution in [0.1, 0.15) is 28.3 Å². The van der Waals surface area contributed by atoms with E-state index in [0.717, 1.165) is 15.6 Å². The minimum atomic E-state index is -0.199. The molecule has 2 rings (SSSR count). The molecule has 18 heavy (non-hydrogen) atoms. The lowest BCUT2D eigenvalue weighted by atomic mass is 9.94. The van der Waals surface area contributed by atoms with E-state index >= 15 is 0 Å². The average Bonchev–Trinajstić information content (AvgIpc) is 2.34. The van der Waals surface area contributed by atoms with Crippen LogP contribution in [-0.2, 0) is 0 Å². The van der Waals surface area contributed by atoms with Crippen LogP contribution in [0.15, 0.2) is 40.9 Å². The van der Waals surface area contributed by atoms with Crippen molar-refractivity contribution in [1.29, 1.82) is 0 Å². The van der Waals surface area contributed by atoms with Crippen molar-refractivity contribution in [3.63, 3.8) is 0 Å². The molecule has 0 amide bonds. The smallest absolute Gasteiger partial charge is 0.0569 e. The average molecular weight is 325 g/mol. The standard InChI is InChI=1S/C15H15BrClN/c1-9-3-4-10(2)12(7-9)15(18)13-8-11(16)5-6-14(13)17/h3-8,15H,18H2,1-2H3. The first kappa shape index (κ1) is 13.6. The summed E-state index contributed by atoms with van der Waals surface area (Å²) in [6, 6.07) is 11.9. The summed E-state index contributed by atoms with van der Waals surface area (Å²) in [6.07, 6.45) is 0. The molecule has 2 N–H and O–H groups in total. The third-order valence-electron chi connectivity index (χ3n) is 3.06. The zero-order chi connectivity index (χ0) is 13.3. The maximum Gasteiger partial charge on any atom is 0.0569 e. The molecule has 0 saturated heterocycles. The lowest BCUT2D eigenvalue weighted by molar-refractivity contribution is 0.859. The Balaban J connectivity index is 2.50. The van der Waals surface area contributed by atoms with E-state index in [1.165, 1.54) is 11.1 Å². The molecule has 3 heteroatoms. The van der Waals surface area contributed by atoms with E-state index in [1.54, 1.807) is 0 Å². The van der Waals surface area contributed by atoms with Gasteiger partial charge in [0.1, 0.15) is 0 Å². The first-order valence-corrected chi connectivity index (χ1v) is 6.94. The van der Waals surface area contributed by atoms with Crippen LogP contribution in [0.25, 0.3) is 0 Å². The van der Waals surface area contributed by atoms with Crippen LogP contribution in [0, 0.1) is 13.8 Å². The first-order valence-electron chi connectivity index (χ1n) is 5.76. The van der Waals surface area contributed by atoms with Crippen LogP contribution in [0.2, 0.25) is 5.02 Å². The number of hydrogen-bond acceptors (Lipinski definition) is 1. The third-order valence-corrected chi connectivity index (χ3v) is 3.90. The van der Waals surface area contributed by atoms with Gasteiger partial charge < -0.3 is 5.73 Å². The zero-order valence-corrected chi connectivity index (χ0v) is 12.7. The van der Waals surface area contributed by atoms with Crippen LogP contribution < -0.4 is 5.73 Å². The summed E-state index contributed by atoms with van der Waals surface area (Å²) in [6.45, 7) is 4.14. The molecule has 0 aliphatic rings. The third kappa shape index (κ3) is 2.77. The summed E-state index contributed by atoms with van der Waals surface area (Å²) in [4.78, 5) is 0. The van der Waals surface area contributed by atoms with Crippen molar-refractivity contribution in [2.45, 2.75) is 19.9 Å². The molecule has 1 nitrogen and oxygen atoms in total. The maximum absolute atomic E-state index is 6.35. The van der Waals surface area contributed by atoms with Gasteiger partial charge in [-0.15, -0.1) is 0 Å². The predicted molar refractivity (Wildman–Crippen MR) is 81.1 cm³/mol. The normalized spacial score (nSPS) is 12.5. The van der Waals surface area contributed by atoms with Gasteiger partial charge in [0.2, 0.25) is 0 Å². The Morgan fingerprint density at radius 2 is 1.78 bits per heavy atom. The van der Waals surface area contributed by atoms with Crippen molar-refractivity contribution in [3.05, 3.63) is 68.1 Å². The summed E-state index contributed by atoms with van der Waals surface area (Å²) < 4.78 is 0.989. The molecular formula is C15H15BrClN. The molecule has 2 aromatic carbocycles. The Bertz CT molecular complexity index is 529. The number of aryl methyl sites for hydroxylation is 2. The van der Waals surface area contributed by atoms with Gasteiger partial charge in [-0.05, 0) is 48.7 Å². The van der Waals surface area contributed by atoms with Gasteiger partial charge in [-0.2, -0.15) is 0 Å². The van der Waals surface area contributed by atoms with E-state index in [4.69, 9.17) is 17.3 Å². The van der Waals surface area contributed by atoms with Gasteiger partial charge in [-0.1, -0.05) is 51.3 Å². The van der Waals surface area contributed by atoms with Crippen molar-refractivity contribution < 1.29 is 0 Å². The molecule has 0 aromatic heterocycles. The highest BCUT2D eigenvalue weighted by Crippen LogP contribution is 2.30. The fraction of sp³-hybridized carbons (Fsp3) is 0.200. The van der Waals surface area contributed by atoms with Crippen molar-refractivity contribution >= 4 is 27.5 Å². The topological polar surface area (TPSA) is 26.0 Å². The van der Waals surface area contributed by atoms with Crippen LogP contribution >= 0.6 is 27.5 Å². The van der Waals surface area contributed by atoms with Crippen molar-refractivity contribution in [3.8, 4) is 0 Å². The molecule has 0 heterocycles. The number of hydrogen-bond donors (Lipinski definition) is 1. The van der Waals surface area contributed by atoms with Crippen molar-refractivity contribution in [2.24, 2.45) is 5.73 Å². The first-order chi connectivity index (χ1) is 8.49. The van der Waals surface area contributed by atoms with E-state index in [2.05, 4.69) is 48.0 Å². The lowest BCUT2D eigenvalue weighted by Gasteiger charge is -2.17. The van der Waals surface area contributed by atoms with Crippen LogP contribution in [0.4, 0.5) is 0 Å². The van der Waals surface area contributed by atoms with E-state index in [-0.39, 0.29) is 6.04 Å². The van der Waals surface area contributed by atoms with Crippen LogP contribution in [0.3, 0.4) is 0 Å². The molecular weight excluding hydrogens is 310 g/mol. The molecule has 0 saturated carbocycles. The Morgan fingerprint density at radius 3 is 2.50 bits per heavy atom. The van der Waals surface area contributed by atoms with Crippen LogP contribution in [-0.4, -0.2) is 0 Å². The monoisotopic (exact) mass is 323 g/mol. The Hall–Kier alpha value is -0.830. The molecule has 0 spiro atoms. The molecule has 0 fully saturated rings. The fourth-order valence-electron chi connectivity index (χ4n) is 2.02. The molecule has 0 radical (unpaired) electrons. The second-order valence-corrected chi connectivity index (χ2v) is 5.83. The predicted octanol–water partition coefficient (Wildman–Crippen LogP) is 4.77. The summed E-state index contributed by atoms with van der Waals surface area (Å²) in [5.74, 6) is 0. The highest BCUT2D eigenvalue weighted by atomic mass is 79.9. The number of halogens is 2. The van der Waals surface area contributed by atoms with E-state index in [1.807, 2.05) is 18.2 Å². The molecule has 0 bridgehead atoms. The Kier molecular flexibility index (Phi) is 4.10. The molecule has 2 aromatic rings. The Morgan fingerprint density at radius 1 is 1.06 bits per heavy atom. The second kappa shape index (κ2) is 5.43. The van der Waals surface area contributed by atoms with E-state index < -0.39 is 0 Å². The minimum absolute atomic E-state index is 0.199. The van der Waals surface area contributed by atoms with Gasteiger partial charge in [-0.25, -0.2) is 0 Å². The molecule has 1 unspecified atom stereocenters. The van der Waals surface area contributed by atoms with E-state index in [0.29, 0.717) is 5.02 Å². The lowest BCUT2D eigenvalue weighted by Crippen LogP contribution is -2.14. The second-order valence-electron chi connectivity index (χ2n) is 4.50. The van der Waals surface area contributed by atoms with Gasteiger partial charge in [0.15, 0.2) is 0 Å². The van der Waals surface area contributed by atoms with Gasteiger partial charge in [0, 0.05) is 9.50 Å². The van der Waals surface area contributed by atoms with Crippen molar-refractivity contribution in [2.75, 3.05) is 0 Å². The number of nitrogens with two attached hydrogens (primary N) is 1. The van der Waals surface area contributed by atoms with Crippen LogP contribution in [0.5, 0.6) is 0 Å². The molecule has 94 valence electrons. The number of rotatable bonds is 2. The largest absolute Gasteiger partial charge is 0.320 e. The van der Waals surface area contributed by atoms with Crippen molar-refractivity contribution in [1.82, 2.24) is 0 Å². The van der Waals surface area contributed by atoms with Gasteiger partial charge >= 0.3 is 0 Å². The quantitative estimate of drug-likeness (QED) is 0.846. The summed E-state index contributed by atoms with van der Waals surface area (Å²) in [5.41, 5.74) is 10.8. The minimum Gasteiger partial charge on any atom is -0.320 e. The zero-order valence-electron chi connectivity index (χ0n) is 10.4. The summed E-state index contributed by atoms with van der Waals surface area (Å²) in [5, 5.41) is 0.701. The summed E-state index contributed by atoms with van der Waals surface area (Å²) in [7, 11) is 0. The molecule has 0 aliphatic carbocycles. The van der Waals surface area contributed by atoms with Gasteiger partial charge in [0.05, 0.1) is 6.04 Å². The fourth-order valence-corrected chi connectivity index (χ4v) is 2.63. The SMILES string of the molecule is Cc1ccc(C)c(C(N)c2cc(Br)ccc2Cl)c1. The van der Waals surface area contributed by atoms with Gasteiger partial charge in [-0.3, -0.25) is 0 Å². The highest BCUT2D eigenvalue weighted by molar-refractivity contribution is 9.10. The molecule has 1 atom stereocenters. The number of benzene rings is 2. The maximum atomic E-state index is 6.35. The van der Waals surface area contributed by atoms with E-state index in [9.17, 15) is 0 Å². The molecule has 0 aliphatic heterocycles. The summed E-state index contributed by atoms with van der Waals surface area (Å²) >= 11 is 9.69. The highest BCUT2D eigenvalue weighted by Gasteiger charge is 2.15. The van der Waals surface area contributed by atoms with Gasteiger partial charge in [0.25, 0.3) is 0 Å². The Labute approximate surface area is 121 Å².